The molecule has 0 saturated heterocycles. The molecule has 2 aromatic rings. The minimum absolute atomic E-state index is 1.35. The highest BCUT2D eigenvalue weighted by molar-refractivity contribution is 14.1. The zero-order chi connectivity index (χ0) is 7.84. The predicted molar refractivity (Wildman–Crippen MR) is 59.3 cm³/mol. The topological polar surface area (TPSA) is 0 Å². The normalized spacial score (nSPS) is 10.7. The van der Waals surface area contributed by atoms with Gasteiger partial charge in [0.25, 0.3) is 0 Å². The highest BCUT2D eigenvalue weighted by Crippen LogP contribution is 2.28. The molecule has 0 spiro atoms. The summed E-state index contributed by atoms with van der Waals surface area (Å²) in [7, 11) is 0. The van der Waals surface area contributed by atoms with Gasteiger partial charge < -0.3 is 0 Å². The number of benzene rings is 1. The van der Waals surface area contributed by atoms with Crippen molar-refractivity contribution in [2.45, 2.75) is 6.92 Å². The average molecular weight is 274 g/mol. The van der Waals surface area contributed by atoms with Crippen LogP contribution in [0.1, 0.15) is 4.88 Å². The van der Waals surface area contributed by atoms with Crippen LogP contribution in [0.3, 0.4) is 0 Å². The molecular formula is C9H7IS. The second-order valence-electron chi connectivity index (χ2n) is 2.51. The minimum Gasteiger partial charge on any atom is -0.141 e. The molecule has 0 aliphatic carbocycles. The molecule has 11 heavy (non-hydrogen) atoms. The van der Waals surface area contributed by atoms with Gasteiger partial charge in [-0.25, -0.2) is 0 Å². The van der Waals surface area contributed by atoms with Crippen molar-refractivity contribution in [2.75, 3.05) is 0 Å². The average Bonchev–Trinajstić information content (AvgIpc) is 2.31. The van der Waals surface area contributed by atoms with Gasteiger partial charge in [0.1, 0.15) is 0 Å². The summed E-state index contributed by atoms with van der Waals surface area (Å²) in [6.45, 7) is 2.15. The maximum atomic E-state index is 2.38. The third-order valence-electron chi connectivity index (χ3n) is 1.63. The van der Waals surface area contributed by atoms with Gasteiger partial charge >= 0.3 is 0 Å². The van der Waals surface area contributed by atoms with Crippen molar-refractivity contribution in [3.8, 4) is 0 Å². The molecule has 1 aromatic heterocycles. The van der Waals surface area contributed by atoms with Gasteiger partial charge in [-0.2, -0.15) is 0 Å². The molecule has 0 nitrogen and oxygen atoms in total. The molecule has 0 N–H and O–H groups in total. The number of thiophene rings is 1. The fourth-order valence-electron chi connectivity index (χ4n) is 1.15. The van der Waals surface area contributed by atoms with Crippen LogP contribution < -0.4 is 0 Å². The van der Waals surface area contributed by atoms with E-state index in [1.807, 2.05) is 11.3 Å². The first kappa shape index (κ1) is 7.55. The number of hydrogen-bond acceptors (Lipinski definition) is 1. The fourth-order valence-corrected chi connectivity index (χ4v) is 2.94. The number of hydrogen-bond donors (Lipinski definition) is 0. The lowest BCUT2D eigenvalue weighted by atomic mass is 10.2. The summed E-state index contributed by atoms with van der Waals surface area (Å²) in [6, 6.07) is 8.69. The summed E-state index contributed by atoms with van der Waals surface area (Å²) in [4.78, 5) is 1.39. The zero-order valence-electron chi connectivity index (χ0n) is 6.10. The molecule has 0 amide bonds. The van der Waals surface area contributed by atoms with Crippen molar-refractivity contribution in [1.82, 2.24) is 0 Å². The van der Waals surface area contributed by atoms with Gasteiger partial charge in [0.05, 0.1) is 0 Å². The monoisotopic (exact) mass is 274 g/mol. The molecule has 0 bridgehead atoms. The van der Waals surface area contributed by atoms with E-state index >= 15 is 0 Å². The summed E-state index contributed by atoms with van der Waals surface area (Å²) in [5.41, 5.74) is 0. The summed E-state index contributed by atoms with van der Waals surface area (Å²) in [5, 5.41) is 1.40. The van der Waals surface area contributed by atoms with Gasteiger partial charge in [0.2, 0.25) is 0 Å². The Morgan fingerprint density at radius 3 is 2.91 bits per heavy atom. The van der Waals surface area contributed by atoms with Gasteiger partial charge in [0, 0.05) is 18.5 Å². The van der Waals surface area contributed by atoms with Crippen molar-refractivity contribution in [3.63, 3.8) is 0 Å². The van der Waals surface area contributed by atoms with Crippen molar-refractivity contribution >= 4 is 44.0 Å². The van der Waals surface area contributed by atoms with Crippen LogP contribution in [0.4, 0.5) is 0 Å². The van der Waals surface area contributed by atoms with E-state index in [-0.39, 0.29) is 0 Å². The van der Waals surface area contributed by atoms with E-state index in [4.69, 9.17) is 0 Å². The second kappa shape index (κ2) is 2.75. The quantitative estimate of drug-likeness (QED) is 0.641. The summed E-state index contributed by atoms with van der Waals surface area (Å²) >= 11 is 4.24. The highest BCUT2D eigenvalue weighted by Gasteiger charge is 1.99. The fraction of sp³-hybridized carbons (Fsp3) is 0.111. The Morgan fingerprint density at radius 1 is 1.36 bits per heavy atom. The van der Waals surface area contributed by atoms with E-state index in [2.05, 4.69) is 53.8 Å². The van der Waals surface area contributed by atoms with E-state index in [9.17, 15) is 0 Å². The Kier molecular flexibility index (Phi) is 1.89. The van der Waals surface area contributed by atoms with Crippen LogP contribution in [0.2, 0.25) is 0 Å². The van der Waals surface area contributed by atoms with Crippen LogP contribution in [-0.2, 0) is 0 Å². The van der Waals surface area contributed by atoms with E-state index in [1.54, 1.807) is 0 Å². The van der Waals surface area contributed by atoms with E-state index in [1.165, 1.54) is 18.5 Å². The van der Waals surface area contributed by atoms with Crippen LogP contribution in [0.5, 0.6) is 0 Å². The Labute approximate surface area is 83.4 Å². The van der Waals surface area contributed by atoms with Gasteiger partial charge in [-0.3, -0.25) is 0 Å². The molecule has 0 fully saturated rings. The predicted octanol–water partition coefficient (Wildman–Crippen LogP) is 3.81. The van der Waals surface area contributed by atoms with Crippen molar-refractivity contribution in [2.24, 2.45) is 0 Å². The largest absolute Gasteiger partial charge is 0.141 e. The lowest BCUT2D eigenvalue weighted by molar-refractivity contribution is 1.65. The van der Waals surface area contributed by atoms with Crippen molar-refractivity contribution < 1.29 is 0 Å². The number of aryl methyl sites for hydroxylation is 1. The lowest BCUT2D eigenvalue weighted by Gasteiger charge is -1.89. The summed E-state index contributed by atoms with van der Waals surface area (Å²) < 4.78 is 2.75. The van der Waals surface area contributed by atoms with Crippen LogP contribution in [0.25, 0.3) is 10.1 Å². The molecule has 0 atom stereocenters. The standard InChI is InChI=1S/C9H7IS/c1-6-5-7-8(10)3-2-4-9(7)11-6/h2-5H,1H3. The number of halogens is 1. The molecule has 56 valence electrons. The molecule has 0 aliphatic rings. The number of rotatable bonds is 0. The van der Waals surface area contributed by atoms with E-state index in [0.29, 0.717) is 0 Å². The Morgan fingerprint density at radius 2 is 2.18 bits per heavy atom. The molecule has 0 radical (unpaired) electrons. The lowest BCUT2D eigenvalue weighted by Crippen LogP contribution is -1.68. The Hall–Kier alpha value is -0.0900. The van der Waals surface area contributed by atoms with Crippen molar-refractivity contribution in [1.29, 1.82) is 0 Å². The molecular weight excluding hydrogens is 267 g/mol. The molecule has 1 heterocycles. The smallest absolute Gasteiger partial charge is 0.0356 e. The van der Waals surface area contributed by atoms with Gasteiger partial charge in [-0.1, -0.05) is 6.07 Å². The maximum absolute atomic E-state index is 2.38. The number of fused-ring (bicyclic) bond motifs is 1. The highest BCUT2D eigenvalue weighted by atomic mass is 127. The van der Waals surface area contributed by atoms with Gasteiger partial charge in [0.15, 0.2) is 0 Å². The first-order valence-electron chi connectivity index (χ1n) is 3.42. The Balaban J connectivity index is 2.90. The molecule has 0 unspecified atom stereocenters. The minimum atomic E-state index is 1.35. The van der Waals surface area contributed by atoms with Crippen LogP contribution in [0.15, 0.2) is 24.3 Å². The van der Waals surface area contributed by atoms with E-state index in [0.717, 1.165) is 0 Å². The first-order valence-corrected chi connectivity index (χ1v) is 5.31. The van der Waals surface area contributed by atoms with Gasteiger partial charge in [-0.15, -0.1) is 11.3 Å². The zero-order valence-corrected chi connectivity index (χ0v) is 9.07. The molecule has 1 aromatic carbocycles. The van der Waals surface area contributed by atoms with Crippen LogP contribution in [-0.4, -0.2) is 0 Å². The molecule has 2 heteroatoms. The molecule has 0 saturated carbocycles. The third-order valence-corrected chi connectivity index (χ3v) is 3.59. The van der Waals surface area contributed by atoms with Gasteiger partial charge in [-0.05, 0) is 47.7 Å². The Bertz CT molecular complexity index is 389. The SMILES string of the molecule is Cc1cc2c(I)cccc2s1. The maximum Gasteiger partial charge on any atom is 0.0356 e. The first-order chi connectivity index (χ1) is 5.27. The molecule has 2 rings (SSSR count). The second-order valence-corrected chi connectivity index (χ2v) is 4.96. The summed E-state index contributed by atoms with van der Waals surface area (Å²) in [5.74, 6) is 0. The third kappa shape index (κ3) is 1.29. The summed E-state index contributed by atoms with van der Waals surface area (Å²) in [6.07, 6.45) is 0. The van der Waals surface area contributed by atoms with Crippen LogP contribution >= 0.6 is 33.9 Å². The van der Waals surface area contributed by atoms with E-state index < -0.39 is 0 Å². The van der Waals surface area contributed by atoms with Crippen LogP contribution in [0, 0.1) is 10.5 Å². The van der Waals surface area contributed by atoms with Crippen molar-refractivity contribution in [3.05, 3.63) is 32.7 Å². The molecule has 0 aliphatic heterocycles.